The normalized spacial score (nSPS) is 12.7. The van der Waals surface area contributed by atoms with Gasteiger partial charge < -0.3 is 19.5 Å². The second-order valence-corrected chi connectivity index (χ2v) is 4.17. The van der Waals surface area contributed by atoms with Gasteiger partial charge in [-0.3, -0.25) is 0 Å². The molecule has 0 radical (unpaired) electrons. The highest BCUT2D eigenvalue weighted by atomic mass is 19.1. The molecule has 102 valence electrons. The largest absolute Gasteiger partial charge is 0.491 e. The predicted molar refractivity (Wildman–Crippen MR) is 67.3 cm³/mol. The molecule has 0 aromatic heterocycles. The van der Waals surface area contributed by atoms with Crippen LogP contribution in [0.3, 0.4) is 0 Å². The zero-order valence-corrected chi connectivity index (χ0v) is 10.8. The molecule has 0 fully saturated rings. The first-order chi connectivity index (χ1) is 8.61. The highest BCUT2D eigenvalue weighted by molar-refractivity contribution is 5.22. The van der Waals surface area contributed by atoms with Crippen molar-refractivity contribution in [3.63, 3.8) is 0 Å². The number of hydrogen-bond acceptors (Lipinski definition) is 4. The van der Waals surface area contributed by atoms with E-state index in [0.717, 1.165) is 6.54 Å². The molecule has 1 unspecified atom stereocenters. The van der Waals surface area contributed by atoms with E-state index in [1.807, 2.05) is 11.9 Å². The van der Waals surface area contributed by atoms with Crippen molar-refractivity contribution in [2.24, 2.45) is 0 Å². The molecule has 0 amide bonds. The van der Waals surface area contributed by atoms with E-state index in [2.05, 4.69) is 0 Å². The van der Waals surface area contributed by atoms with Gasteiger partial charge in [-0.05, 0) is 31.3 Å². The molecule has 0 aliphatic carbocycles. The minimum atomic E-state index is -0.586. The van der Waals surface area contributed by atoms with E-state index in [4.69, 9.17) is 9.47 Å². The number of methoxy groups -OCH3 is 1. The lowest BCUT2D eigenvalue weighted by molar-refractivity contribution is 0.0667. The second kappa shape index (κ2) is 8.02. The number of aliphatic hydroxyl groups excluding tert-OH is 1. The van der Waals surface area contributed by atoms with Gasteiger partial charge >= 0.3 is 0 Å². The quantitative estimate of drug-likeness (QED) is 0.758. The van der Waals surface area contributed by atoms with Gasteiger partial charge in [0, 0.05) is 20.2 Å². The van der Waals surface area contributed by atoms with Crippen molar-refractivity contribution < 1.29 is 19.0 Å². The van der Waals surface area contributed by atoms with E-state index in [1.54, 1.807) is 7.11 Å². The third kappa shape index (κ3) is 5.95. The maximum Gasteiger partial charge on any atom is 0.123 e. The fraction of sp³-hybridized carbons (Fsp3) is 0.538. The number of aliphatic hydroxyl groups is 1. The topological polar surface area (TPSA) is 41.9 Å². The van der Waals surface area contributed by atoms with Crippen molar-refractivity contribution in [2.45, 2.75) is 6.10 Å². The van der Waals surface area contributed by atoms with Gasteiger partial charge in [-0.1, -0.05) is 0 Å². The van der Waals surface area contributed by atoms with Gasteiger partial charge in [-0.15, -0.1) is 0 Å². The number of nitrogens with zero attached hydrogens (tertiary/aromatic N) is 1. The van der Waals surface area contributed by atoms with Crippen LogP contribution < -0.4 is 4.74 Å². The van der Waals surface area contributed by atoms with Crippen molar-refractivity contribution in [1.82, 2.24) is 4.90 Å². The Balaban J connectivity index is 2.24. The smallest absolute Gasteiger partial charge is 0.123 e. The van der Waals surface area contributed by atoms with E-state index in [-0.39, 0.29) is 12.4 Å². The third-order valence-corrected chi connectivity index (χ3v) is 2.46. The number of hydrogen-bond donors (Lipinski definition) is 1. The van der Waals surface area contributed by atoms with Crippen molar-refractivity contribution in [1.29, 1.82) is 0 Å². The minimum Gasteiger partial charge on any atom is -0.491 e. The molecule has 1 atom stereocenters. The molecule has 1 aromatic rings. The highest BCUT2D eigenvalue weighted by Gasteiger charge is 2.09. The van der Waals surface area contributed by atoms with Crippen LogP contribution in [-0.2, 0) is 4.74 Å². The molecule has 0 saturated heterocycles. The van der Waals surface area contributed by atoms with Gasteiger partial charge in [0.25, 0.3) is 0 Å². The van der Waals surface area contributed by atoms with E-state index in [0.29, 0.717) is 18.9 Å². The summed E-state index contributed by atoms with van der Waals surface area (Å²) in [6.45, 7) is 2.07. The minimum absolute atomic E-state index is 0.183. The first-order valence-corrected chi connectivity index (χ1v) is 5.85. The zero-order chi connectivity index (χ0) is 13.4. The van der Waals surface area contributed by atoms with Gasteiger partial charge in [0.2, 0.25) is 0 Å². The van der Waals surface area contributed by atoms with E-state index >= 15 is 0 Å². The van der Waals surface area contributed by atoms with Crippen LogP contribution in [0.1, 0.15) is 0 Å². The Labute approximate surface area is 107 Å². The number of rotatable bonds is 8. The van der Waals surface area contributed by atoms with Crippen molar-refractivity contribution in [3.05, 3.63) is 30.1 Å². The highest BCUT2D eigenvalue weighted by Crippen LogP contribution is 2.11. The standard InChI is InChI=1S/C13H20FNO3/c1-15(7-8-17-2)9-12(16)10-18-13-5-3-11(14)4-6-13/h3-6,12,16H,7-10H2,1-2H3. The van der Waals surface area contributed by atoms with Crippen molar-refractivity contribution in [2.75, 3.05) is 40.5 Å². The van der Waals surface area contributed by atoms with Crippen LogP contribution >= 0.6 is 0 Å². The summed E-state index contributed by atoms with van der Waals surface area (Å²) < 4.78 is 23.0. The average molecular weight is 257 g/mol. The van der Waals surface area contributed by atoms with Crippen LogP contribution in [0, 0.1) is 5.82 Å². The number of ether oxygens (including phenoxy) is 2. The maximum absolute atomic E-state index is 12.7. The summed E-state index contributed by atoms with van der Waals surface area (Å²) in [5.41, 5.74) is 0. The lowest BCUT2D eigenvalue weighted by Gasteiger charge is -2.20. The fourth-order valence-corrected chi connectivity index (χ4v) is 1.47. The van der Waals surface area contributed by atoms with Gasteiger partial charge in [-0.2, -0.15) is 0 Å². The van der Waals surface area contributed by atoms with Gasteiger partial charge in [0.15, 0.2) is 0 Å². The summed E-state index contributed by atoms with van der Waals surface area (Å²) in [6, 6.07) is 5.73. The summed E-state index contributed by atoms with van der Waals surface area (Å²) in [4.78, 5) is 1.96. The molecule has 18 heavy (non-hydrogen) atoms. The lowest BCUT2D eigenvalue weighted by atomic mass is 10.3. The Morgan fingerprint density at radius 2 is 2.00 bits per heavy atom. The molecular formula is C13H20FNO3. The number of benzene rings is 1. The van der Waals surface area contributed by atoms with Crippen LogP contribution in [-0.4, -0.2) is 56.6 Å². The molecule has 0 spiro atoms. The average Bonchev–Trinajstić information content (AvgIpc) is 2.35. The van der Waals surface area contributed by atoms with Gasteiger partial charge in [0.1, 0.15) is 24.3 Å². The Morgan fingerprint density at radius 1 is 1.33 bits per heavy atom. The molecule has 0 heterocycles. The molecule has 1 rings (SSSR count). The van der Waals surface area contributed by atoms with Crippen molar-refractivity contribution >= 4 is 0 Å². The molecule has 1 aromatic carbocycles. The predicted octanol–water partition coefficient (Wildman–Crippen LogP) is 1.14. The Kier molecular flexibility index (Phi) is 6.64. The molecule has 0 saturated carbocycles. The monoisotopic (exact) mass is 257 g/mol. The van der Waals surface area contributed by atoms with Gasteiger partial charge in [-0.25, -0.2) is 4.39 Å². The fourth-order valence-electron chi connectivity index (χ4n) is 1.47. The van der Waals surface area contributed by atoms with Crippen molar-refractivity contribution in [3.8, 4) is 5.75 Å². The zero-order valence-electron chi connectivity index (χ0n) is 10.8. The van der Waals surface area contributed by atoms with E-state index in [1.165, 1.54) is 24.3 Å². The second-order valence-electron chi connectivity index (χ2n) is 4.17. The maximum atomic E-state index is 12.7. The molecule has 0 aliphatic rings. The molecule has 5 heteroatoms. The summed E-state index contributed by atoms with van der Waals surface area (Å²) >= 11 is 0. The van der Waals surface area contributed by atoms with Crippen LogP contribution in [0.4, 0.5) is 4.39 Å². The van der Waals surface area contributed by atoms with Crippen LogP contribution in [0.2, 0.25) is 0 Å². The van der Waals surface area contributed by atoms with Crippen LogP contribution in [0.25, 0.3) is 0 Å². The van der Waals surface area contributed by atoms with Crippen LogP contribution in [0.5, 0.6) is 5.75 Å². The Hall–Kier alpha value is -1.17. The first-order valence-electron chi connectivity index (χ1n) is 5.85. The van der Waals surface area contributed by atoms with Gasteiger partial charge in [0.05, 0.1) is 6.61 Å². The summed E-state index contributed by atoms with van der Waals surface area (Å²) in [5.74, 6) is 0.247. The van der Waals surface area contributed by atoms with E-state index in [9.17, 15) is 9.50 Å². The SMILES string of the molecule is COCCN(C)CC(O)COc1ccc(F)cc1. The molecular weight excluding hydrogens is 237 g/mol. The molecule has 1 N–H and O–H groups in total. The lowest BCUT2D eigenvalue weighted by Crippen LogP contribution is -2.34. The third-order valence-electron chi connectivity index (χ3n) is 2.46. The number of likely N-dealkylation sites (N-methyl/N-ethyl adjacent to an activating group) is 1. The summed E-state index contributed by atoms with van der Waals surface area (Å²) in [6.07, 6.45) is -0.586. The Bertz CT molecular complexity index is 332. The first kappa shape index (κ1) is 14.9. The van der Waals surface area contributed by atoms with E-state index < -0.39 is 6.10 Å². The number of halogens is 1. The summed E-state index contributed by atoms with van der Waals surface area (Å²) in [5, 5.41) is 9.75. The molecule has 0 bridgehead atoms. The van der Waals surface area contributed by atoms with Crippen LogP contribution in [0.15, 0.2) is 24.3 Å². The molecule has 4 nitrogen and oxygen atoms in total. The molecule has 0 aliphatic heterocycles. The summed E-state index contributed by atoms with van der Waals surface area (Å²) in [7, 11) is 3.54. The Morgan fingerprint density at radius 3 is 2.61 bits per heavy atom.